The van der Waals surface area contributed by atoms with E-state index in [1.54, 1.807) is 6.92 Å². The predicted molar refractivity (Wildman–Crippen MR) is 83.0 cm³/mol. The van der Waals surface area contributed by atoms with E-state index in [4.69, 9.17) is 5.11 Å². The molecule has 0 radical (unpaired) electrons. The summed E-state index contributed by atoms with van der Waals surface area (Å²) in [5.41, 5.74) is 3.42. The topological polar surface area (TPSA) is 70.5 Å². The van der Waals surface area contributed by atoms with Crippen molar-refractivity contribution >= 4 is 22.8 Å². The lowest BCUT2D eigenvalue weighted by Crippen LogP contribution is -2.36. The second-order valence-corrected chi connectivity index (χ2v) is 5.50. The number of nitrogens with zero attached hydrogens (tertiary/aromatic N) is 2. The second-order valence-electron chi connectivity index (χ2n) is 5.50. The van der Waals surface area contributed by atoms with Gasteiger partial charge < -0.3 is 10.0 Å². The van der Waals surface area contributed by atoms with Gasteiger partial charge in [0.15, 0.2) is 0 Å². The average Bonchev–Trinajstić information content (AvgIpc) is 2.97. The lowest BCUT2D eigenvalue weighted by Gasteiger charge is -2.21. The van der Waals surface area contributed by atoms with Crippen molar-refractivity contribution in [3.63, 3.8) is 0 Å². The van der Waals surface area contributed by atoms with E-state index in [1.165, 1.54) is 4.90 Å². The highest BCUT2D eigenvalue weighted by Crippen LogP contribution is 2.30. The maximum Gasteiger partial charge on any atom is 0.323 e. The fourth-order valence-corrected chi connectivity index (χ4v) is 3.10. The number of pyridine rings is 1. The first kappa shape index (κ1) is 14.5. The highest BCUT2D eigenvalue weighted by atomic mass is 16.4. The van der Waals surface area contributed by atoms with Crippen LogP contribution in [0.1, 0.15) is 35.0 Å². The van der Waals surface area contributed by atoms with Crippen LogP contribution in [0.2, 0.25) is 0 Å². The molecule has 2 aromatic rings. The minimum absolute atomic E-state index is 0.207. The number of aromatic nitrogens is 1. The molecule has 114 valence electrons. The Morgan fingerprint density at radius 1 is 1.27 bits per heavy atom. The maximum absolute atomic E-state index is 12.9. The van der Waals surface area contributed by atoms with Gasteiger partial charge in [0.1, 0.15) is 6.54 Å². The number of para-hydroxylation sites is 1. The minimum Gasteiger partial charge on any atom is -0.480 e. The van der Waals surface area contributed by atoms with Crippen molar-refractivity contribution in [1.82, 2.24) is 9.88 Å². The molecule has 0 bridgehead atoms. The molecule has 5 heteroatoms. The van der Waals surface area contributed by atoms with Crippen molar-refractivity contribution in [2.24, 2.45) is 0 Å². The molecule has 0 atom stereocenters. The fraction of sp³-hybridized carbons (Fsp3) is 0.353. The number of fused-ring (bicyclic) bond motifs is 2. The van der Waals surface area contributed by atoms with E-state index in [1.807, 2.05) is 24.3 Å². The summed E-state index contributed by atoms with van der Waals surface area (Å²) in [6, 6.07) is 7.58. The summed E-state index contributed by atoms with van der Waals surface area (Å²) < 4.78 is 0. The van der Waals surface area contributed by atoms with Crippen molar-refractivity contribution in [2.75, 3.05) is 13.1 Å². The van der Waals surface area contributed by atoms with Gasteiger partial charge in [0.05, 0.1) is 11.1 Å². The Bertz CT molecular complexity index is 755. The van der Waals surface area contributed by atoms with Crippen molar-refractivity contribution in [3.05, 3.63) is 41.1 Å². The molecule has 1 N–H and O–H groups in total. The third-order valence-electron chi connectivity index (χ3n) is 4.13. The Morgan fingerprint density at radius 2 is 2.05 bits per heavy atom. The first-order valence-electron chi connectivity index (χ1n) is 7.53. The average molecular weight is 298 g/mol. The van der Waals surface area contributed by atoms with E-state index in [9.17, 15) is 9.59 Å². The Hall–Kier alpha value is -2.43. The van der Waals surface area contributed by atoms with Crippen LogP contribution in [0.15, 0.2) is 24.3 Å². The number of rotatable bonds is 4. The zero-order valence-electron chi connectivity index (χ0n) is 12.5. The predicted octanol–water partition coefficient (Wildman–Crippen LogP) is 2.27. The van der Waals surface area contributed by atoms with Crippen molar-refractivity contribution in [3.8, 4) is 0 Å². The molecule has 1 aromatic carbocycles. The molecule has 1 heterocycles. The smallest absolute Gasteiger partial charge is 0.323 e. The van der Waals surface area contributed by atoms with E-state index < -0.39 is 5.97 Å². The van der Waals surface area contributed by atoms with Crippen LogP contribution in [-0.4, -0.2) is 40.0 Å². The second kappa shape index (κ2) is 5.75. The molecular weight excluding hydrogens is 280 g/mol. The molecule has 1 amide bonds. The number of benzene rings is 1. The van der Waals surface area contributed by atoms with E-state index in [0.29, 0.717) is 12.1 Å². The Morgan fingerprint density at radius 3 is 2.77 bits per heavy atom. The van der Waals surface area contributed by atoms with Gasteiger partial charge in [-0.2, -0.15) is 0 Å². The van der Waals surface area contributed by atoms with Crippen LogP contribution in [0.3, 0.4) is 0 Å². The third kappa shape index (κ3) is 2.43. The summed E-state index contributed by atoms with van der Waals surface area (Å²) in [6.45, 7) is 1.89. The zero-order valence-corrected chi connectivity index (χ0v) is 12.5. The maximum atomic E-state index is 12.9. The van der Waals surface area contributed by atoms with Crippen LogP contribution in [-0.2, 0) is 17.6 Å². The lowest BCUT2D eigenvalue weighted by molar-refractivity contribution is -0.137. The van der Waals surface area contributed by atoms with Crippen LogP contribution in [0.4, 0.5) is 0 Å². The van der Waals surface area contributed by atoms with Gasteiger partial charge in [0.25, 0.3) is 5.91 Å². The summed E-state index contributed by atoms with van der Waals surface area (Å²) in [5.74, 6) is -1.20. The number of hydrogen-bond donors (Lipinski definition) is 1. The standard InChI is InChI=1S/C17H18N2O3/c1-2-19(10-15(20)21)17(22)16-11-6-3-4-8-13(11)18-14-9-5-7-12(14)16/h3-4,6,8H,2,5,7,9-10H2,1H3,(H,20,21). The minimum atomic E-state index is -0.995. The number of likely N-dealkylation sites (N-methyl/N-ethyl adjacent to an activating group) is 1. The van der Waals surface area contributed by atoms with Crippen molar-refractivity contribution < 1.29 is 14.7 Å². The van der Waals surface area contributed by atoms with Crippen LogP contribution in [0.5, 0.6) is 0 Å². The Balaban J connectivity index is 2.16. The number of carboxylic acids is 1. The Labute approximate surface area is 128 Å². The van der Waals surface area contributed by atoms with Crippen LogP contribution < -0.4 is 0 Å². The molecule has 0 saturated carbocycles. The molecule has 1 aliphatic rings. The zero-order chi connectivity index (χ0) is 15.7. The van der Waals surface area contributed by atoms with Crippen molar-refractivity contribution in [2.45, 2.75) is 26.2 Å². The highest BCUT2D eigenvalue weighted by Gasteiger charge is 2.27. The molecule has 1 aliphatic carbocycles. The van der Waals surface area contributed by atoms with E-state index in [-0.39, 0.29) is 12.5 Å². The van der Waals surface area contributed by atoms with E-state index in [0.717, 1.165) is 41.4 Å². The summed E-state index contributed by atoms with van der Waals surface area (Å²) in [5, 5.41) is 9.83. The number of carbonyl (C=O) groups is 2. The molecule has 3 rings (SSSR count). The van der Waals surface area contributed by atoms with Crippen LogP contribution in [0, 0.1) is 0 Å². The van der Waals surface area contributed by atoms with E-state index in [2.05, 4.69) is 4.98 Å². The molecule has 0 spiro atoms. The number of amides is 1. The molecular formula is C17H18N2O3. The first-order valence-corrected chi connectivity index (χ1v) is 7.53. The summed E-state index contributed by atoms with van der Waals surface area (Å²) >= 11 is 0. The Kier molecular flexibility index (Phi) is 3.79. The number of aliphatic carboxylic acids is 1. The first-order chi connectivity index (χ1) is 10.6. The van der Waals surface area contributed by atoms with Gasteiger partial charge in [-0.05, 0) is 37.8 Å². The monoisotopic (exact) mass is 298 g/mol. The molecule has 22 heavy (non-hydrogen) atoms. The fourth-order valence-electron chi connectivity index (χ4n) is 3.10. The summed E-state index contributed by atoms with van der Waals surface area (Å²) in [7, 11) is 0. The van der Waals surface area contributed by atoms with Gasteiger partial charge in [-0.15, -0.1) is 0 Å². The quantitative estimate of drug-likeness (QED) is 0.940. The molecule has 0 aliphatic heterocycles. The van der Waals surface area contributed by atoms with Crippen molar-refractivity contribution in [1.29, 1.82) is 0 Å². The number of carboxylic acid groups (broad SMARTS) is 1. The number of hydrogen-bond acceptors (Lipinski definition) is 3. The molecule has 0 unspecified atom stereocenters. The summed E-state index contributed by atoms with van der Waals surface area (Å²) in [4.78, 5) is 30.0. The normalized spacial score (nSPS) is 13.1. The molecule has 0 saturated heterocycles. The largest absolute Gasteiger partial charge is 0.480 e. The molecule has 5 nitrogen and oxygen atoms in total. The molecule has 0 fully saturated rings. The van der Waals surface area contributed by atoms with Gasteiger partial charge in [0, 0.05) is 17.6 Å². The van der Waals surface area contributed by atoms with Crippen LogP contribution >= 0.6 is 0 Å². The lowest BCUT2D eigenvalue weighted by atomic mass is 10.00. The van der Waals surface area contributed by atoms with Gasteiger partial charge in [-0.3, -0.25) is 14.6 Å². The molecule has 1 aromatic heterocycles. The SMILES string of the molecule is CCN(CC(=O)O)C(=O)c1c2c(nc3ccccc13)CCC2. The van der Waals surface area contributed by atoms with Gasteiger partial charge in [0.2, 0.25) is 0 Å². The summed E-state index contributed by atoms with van der Waals surface area (Å²) in [6.07, 6.45) is 2.70. The van der Waals surface area contributed by atoms with Gasteiger partial charge in [-0.1, -0.05) is 18.2 Å². The number of carbonyl (C=O) groups excluding carboxylic acids is 1. The third-order valence-corrected chi connectivity index (χ3v) is 4.13. The van der Waals surface area contributed by atoms with Gasteiger partial charge >= 0.3 is 5.97 Å². The van der Waals surface area contributed by atoms with E-state index >= 15 is 0 Å². The van der Waals surface area contributed by atoms with Crippen LogP contribution in [0.25, 0.3) is 10.9 Å². The number of aryl methyl sites for hydroxylation is 1. The highest BCUT2D eigenvalue weighted by molar-refractivity contribution is 6.08. The van der Waals surface area contributed by atoms with Gasteiger partial charge in [-0.25, -0.2) is 0 Å².